The lowest BCUT2D eigenvalue weighted by Crippen LogP contribution is -2.39. The highest BCUT2D eigenvalue weighted by Gasteiger charge is 2.28. The molecule has 5 heteroatoms. The van der Waals surface area contributed by atoms with Gasteiger partial charge in [-0.3, -0.25) is 9.69 Å². The van der Waals surface area contributed by atoms with Gasteiger partial charge in [0.25, 0.3) is 0 Å². The highest BCUT2D eigenvalue weighted by Crippen LogP contribution is 2.23. The molecular formula is C26H28N2O3. The summed E-state index contributed by atoms with van der Waals surface area (Å²) in [6.45, 7) is 2.67. The van der Waals surface area contributed by atoms with Crippen LogP contribution in [0.1, 0.15) is 29.5 Å². The summed E-state index contributed by atoms with van der Waals surface area (Å²) in [5, 5.41) is 0. The largest absolute Gasteiger partial charge is 0.489 e. The van der Waals surface area contributed by atoms with Crippen LogP contribution in [-0.4, -0.2) is 23.4 Å². The van der Waals surface area contributed by atoms with E-state index in [0.717, 1.165) is 48.6 Å². The van der Waals surface area contributed by atoms with E-state index in [1.54, 1.807) is 0 Å². The minimum atomic E-state index is -0.225. The fourth-order valence-corrected chi connectivity index (χ4v) is 3.87. The zero-order valence-electron chi connectivity index (χ0n) is 17.6. The van der Waals surface area contributed by atoms with Crippen LogP contribution in [-0.2, 0) is 24.6 Å². The van der Waals surface area contributed by atoms with E-state index in [4.69, 9.17) is 15.2 Å². The number of benzene rings is 3. The highest BCUT2D eigenvalue weighted by atomic mass is 16.5. The molecule has 3 aromatic carbocycles. The average Bonchev–Trinajstić information content (AvgIpc) is 3.27. The van der Waals surface area contributed by atoms with Gasteiger partial charge in [0.1, 0.15) is 24.7 Å². The number of likely N-dealkylation sites (tertiary alicyclic amines) is 1. The van der Waals surface area contributed by atoms with Gasteiger partial charge in [-0.1, -0.05) is 60.7 Å². The second kappa shape index (κ2) is 10.1. The molecule has 0 saturated carbocycles. The molecule has 1 amide bonds. The van der Waals surface area contributed by atoms with Gasteiger partial charge in [-0.15, -0.1) is 0 Å². The van der Waals surface area contributed by atoms with Gasteiger partial charge < -0.3 is 15.2 Å². The Morgan fingerprint density at radius 1 is 0.839 bits per heavy atom. The first-order valence-electron chi connectivity index (χ1n) is 10.7. The number of hydrogen-bond donors (Lipinski definition) is 1. The molecule has 0 aliphatic carbocycles. The number of nitrogens with two attached hydrogens (primary N) is 1. The number of primary amides is 1. The molecule has 31 heavy (non-hydrogen) atoms. The van der Waals surface area contributed by atoms with Crippen molar-refractivity contribution in [1.82, 2.24) is 4.90 Å². The topological polar surface area (TPSA) is 64.8 Å². The Hall–Kier alpha value is -3.31. The van der Waals surface area contributed by atoms with Gasteiger partial charge in [0.15, 0.2) is 0 Å². The smallest absolute Gasteiger partial charge is 0.234 e. The third-order valence-electron chi connectivity index (χ3n) is 5.56. The molecule has 1 fully saturated rings. The van der Waals surface area contributed by atoms with Crippen molar-refractivity contribution in [2.24, 2.45) is 5.73 Å². The SMILES string of the molecule is NC(=O)[C@@H]1CCCN1Cc1ccc(COc2cccc(OCc3ccccc3)c2)cc1. The predicted octanol–water partition coefficient (Wildman–Crippen LogP) is 4.29. The van der Waals surface area contributed by atoms with Crippen LogP contribution in [0.4, 0.5) is 0 Å². The van der Waals surface area contributed by atoms with Crippen molar-refractivity contribution in [2.75, 3.05) is 6.54 Å². The van der Waals surface area contributed by atoms with Crippen LogP contribution in [0, 0.1) is 0 Å². The van der Waals surface area contributed by atoms with Crippen LogP contribution in [0.15, 0.2) is 78.9 Å². The molecule has 0 bridgehead atoms. The standard InChI is InChI=1S/C26H28N2O3/c27-26(29)25-10-5-15-28(25)17-20-11-13-22(14-12-20)19-31-24-9-4-8-23(16-24)30-18-21-6-2-1-3-7-21/h1-4,6-9,11-14,16,25H,5,10,15,17-19H2,(H2,27,29)/t25-/m0/s1. The quantitative estimate of drug-likeness (QED) is 0.565. The number of amides is 1. The molecular weight excluding hydrogens is 388 g/mol. The lowest BCUT2D eigenvalue weighted by Gasteiger charge is -2.21. The minimum absolute atomic E-state index is 0.139. The van der Waals surface area contributed by atoms with E-state index < -0.39 is 0 Å². The summed E-state index contributed by atoms with van der Waals surface area (Å²) in [4.78, 5) is 13.7. The molecule has 0 aromatic heterocycles. The molecule has 3 aromatic rings. The van der Waals surface area contributed by atoms with Gasteiger partial charge >= 0.3 is 0 Å². The van der Waals surface area contributed by atoms with E-state index in [2.05, 4.69) is 29.2 Å². The third kappa shape index (κ3) is 5.86. The zero-order valence-corrected chi connectivity index (χ0v) is 17.6. The maximum Gasteiger partial charge on any atom is 0.234 e. The Kier molecular flexibility index (Phi) is 6.85. The van der Waals surface area contributed by atoms with E-state index >= 15 is 0 Å². The molecule has 1 aliphatic heterocycles. The van der Waals surface area contributed by atoms with Crippen LogP contribution in [0.25, 0.3) is 0 Å². The number of hydrogen-bond acceptors (Lipinski definition) is 4. The number of carbonyl (C=O) groups is 1. The lowest BCUT2D eigenvalue weighted by atomic mass is 10.1. The molecule has 1 atom stereocenters. The number of ether oxygens (including phenoxy) is 2. The predicted molar refractivity (Wildman–Crippen MR) is 121 cm³/mol. The van der Waals surface area contributed by atoms with Gasteiger partial charge in [-0.25, -0.2) is 0 Å². The van der Waals surface area contributed by atoms with Crippen molar-refractivity contribution >= 4 is 5.91 Å². The number of rotatable bonds is 9. The maximum atomic E-state index is 11.6. The molecule has 1 aliphatic rings. The fraction of sp³-hybridized carbons (Fsp3) is 0.269. The van der Waals surface area contributed by atoms with Crippen molar-refractivity contribution in [3.8, 4) is 11.5 Å². The first-order chi connectivity index (χ1) is 15.2. The Bertz CT molecular complexity index is 989. The van der Waals surface area contributed by atoms with E-state index in [1.807, 2.05) is 54.6 Å². The number of nitrogens with zero attached hydrogens (tertiary/aromatic N) is 1. The van der Waals surface area contributed by atoms with E-state index in [1.165, 1.54) is 5.56 Å². The summed E-state index contributed by atoms with van der Waals surface area (Å²) in [7, 11) is 0. The molecule has 0 unspecified atom stereocenters. The second-order valence-electron chi connectivity index (χ2n) is 7.89. The van der Waals surface area contributed by atoms with E-state index in [0.29, 0.717) is 13.2 Å². The Morgan fingerprint density at radius 3 is 2.10 bits per heavy atom. The maximum absolute atomic E-state index is 11.6. The molecule has 1 saturated heterocycles. The van der Waals surface area contributed by atoms with Crippen molar-refractivity contribution in [2.45, 2.75) is 38.6 Å². The van der Waals surface area contributed by atoms with Crippen molar-refractivity contribution < 1.29 is 14.3 Å². The van der Waals surface area contributed by atoms with Gasteiger partial charge in [-0.2, -0.15) is 0 Å². The molecule has 0 spiro atoms. The van der Waals surface area contributed by atoms with E-state index in [-0.39, 0.29) is 11.9 Å². The van der Waals surface area contributed by atoms with Crippen LogP contribution < -0.4 is 15.2 Å². The van der Waals surface area contributed by atoms with Gasteiger partial charge in [0, 0.05) is 12.6 Å². The lowest BCUT2D eigenvalue weighted by molar-refractivity contribution is -0.122. The van der Waals surface area contributed by atoms with Gasteiger partial charge in [0.05, 0.1) is 6.04 Å². The second-order valence-corrected chi connectivity index (χ2v) is 7.89. The molecule has 160 valence electrons. The Morgan fingerprint density at radius 2 is 1.45 bits per heavy atom. The normalized spacial score (nSPS) is 16.2. The minimum Gasteiger partial charge on any atom is -0.489 e. The summed E-state index contributed by atoms with van der Waals surface area (Å²) in [5.74, 6) is 1.33. The zero-order chi connectivity index (χ0) is 21.5. The monoisotopic (exact) mass is 416 g/mol. The third-order valence-corrected chi connectivity index (χ3v) is 5.56. The highest BCUT2D eigenvalue weighted by molar-refractivity contribution is 5.80. The summed E-state index contributed by atoms with van der Waals surface area (Å²) in [5.41, 5.74) is 8.91. The molecule has 5 nitrogen and oxygen atoms in total. The Balaban J connectivity index is 1.28. The summed E-state index contributed by atoms with van der Waals surface area (Å²) in [6.07, 6.45) is 1.88. The molecule has 4 rings (SSSR count). The first-order valence-corrected chi connectivity index (χ1v) is 10.7. The van der Waals surface area contributed by atoms with Crippen molar-refractivity contribution in [3.05, 3.63) is 95.6 Å². The Labute approximate surface area is 183 Å². The van der Waals surface area contributed by atoms with E-state index in [9.17, 15) is 4.79 Å². The molecule has 1 heterocycles. The van der Waals surface area contributed by atoms with Crippen molar-refractivity contribution in [1.29, 1.82) is 0 Å². The van der Waals surface area contributed by atoms with Crippen LogP contribution in [0.5, 0.6) is 11.5 Å². The van der Waals surface area contributed by atoms with Crippen molar-refractivity contribution in [3.63, 3.8) is 0 Å². The molecule has 0 radical (unpaired) electrons. The molecule has 2 N–H and O–H groups in total. The van der Waals surface area contributed by atoms with Gasteiger partial charge in [0.2, 0.25) is 5.91 Å². The van der Waals surface area contributed by atoms with Crippen LogP contribution >= 0.6 is 0 Å². The summed E-state index contributed by atoms with van der Waals surface area (Å²) >= 11 is 0. The average molecular weight is 417 g/mol. The summed E-state index contributed by atoms with van der Waals surface area (Å²) in [6, 6.07) is 26.0. The van der Waals surface area contributed by atoms with Gasteiger partial charge in [-0.05, 0) is 48.2 Å². The van der Waals surface area contributed by atoms with Crippen LogP contribution in [0.2, 0.25) is 0 Å². The fourth-order valence-electron chi connectivity index (χ4n) is 3.87. The number of carbonyl (C=O) groups excluding carboxylic acids is 1. The first kappa shape index (κ1) is 20.9. The summed E-state index contributed by atoms with van der Waals surface area (Å²) < 4.78 is 11.8. The van der Waals surface area contributed by atoms with Crippen LogP contribution in [0.3, 0.4) is 0 Å².